The van der Waals surface area contributed by atoms with Gasteiger partial charge in [0.25, 0.3) is 0 Å². The normalized spacial score (nSPS) is 19.5. The summed E-state index contributed by atoms with van der Waals surface area (Å²) < 4.78 is 5.21. The fourth-order valence-electron chi connectivity index (χ4n) is 2.96. The standard InChI is InChI=1S/C19H18ClNO2/c1-23-19-8-4-14(5-9-19)16-10-15(11-18(12-16)21-22)13-2-6-17(20)7-3-13/h2-9,11,16,22H,10,12H2,1H3/b21-18+. The van der Waals surface area contributed by atoms with Gasteiger partial charge in [-0.25, -0.2) is 0 Å². The molecule has 0 fully saturated rings. The summed E-state index contributed by atoms with van der Waals surface area (Å²) in [5.74, 6) is 1.12. The van der Waals surface area contributed by atoms with Gasteiger partial charge in [0.2, 0.25) is 0 Å². The molecule has 0 saturated carbocycles. The van der Waals surface area contributed by atoms with Crippen molar-refractivity contribution in [3.8, 4) is 5.75 Å². The largest absolute Gasteiger partial charge is 0.497 e. The lowest BCUT2D eigenvalue weighted by molar-refractivity contribution is 0.317. The lowest BCUT2D eigenvalue weighted by Gasteiger charge is -2.24. The molecule has 0 spiro atoms. The van der Waals surface area contributed by atoms with E-state index in [1.807, 2.05) is 42.5 Å². The van der Waals surface area contributed by atoms with Gasteiger partial charge >= 0.3 is 0 Å². The van der Waals surface area contributed by atoms with E-state index in [4.69, 9.17) is 16.3 Å². The molecule has 0 amide bonds. The van der Waals surface area contributed by atoms with Crippen molar-refractivity contribution in [1.82, 2.24) is 0 Å². The van der Waals surface area contributed by atoms with Crippen molar-refractivity contribution in [3.63, 3.8) is 0 Å². The topological polar surface area (TPSA) is 41.8 Å². The van der Waals surface area contributed by atoms with Crippen LogP contribution in [0.15, 0.2) is 59.8 Å². The first kappa shape index (κ1) is 15.6. The Hall–Kier alpha value is -2.26. The fourth-order valence-corrected chi connectivity index (χ4v) is 3.08. The molecule has 3 rings (SSSR count). The number of hydrogen-bond donors (Lipinski definition) is 1. The number of ether oxygens (including phenoxy) is 1. The molecule has 2 aromatic rings. The predicted octanol–water partition coefficient (Wildman–Crippen LogP) is 5.14. The van der Waals surface area contributed by atoms with Gasteiger partial charge in [-0.15, -0.1) is 0 Å². The maximum absolute atomic E-state index is 9.25. The zero-order valence-electron chi connectivity index (χ0n) is 12.9. The summed E-state index contributed by atoms with van der Waals surface area (Å²) in [5, 5.41) is 13.4. The van der Waals surface area contributed by atoms with E-state index < -0.39 is 0 Å². The van der Waals surface area contributed by atoms with Crippen LogP contribution in [0, 0.1) is 0 Å². The van der Waals surface area contributed by atoms with Crippen LogP contribution >= 0.6 is 11.6 Å². The van der Waals surface area contributed by atoms with E-state index in [1.54, 1.807) is 7.11 Å². The summed E-state index contributed by atoms with van der Waals surface area (Å²) >= 11 is 5.96. The summed E-state index contributed by atoms with van der Waals surface area (Å²) in [5.41, 5.74) is 4.17. The quantitative estimate of drug-likeness (QED) is 0.626. The molecule has 0 aliphatic heterocycles. The molecule has 0 radical (unpaired) electrons. The molecule has 0 saturated heterocycles. The average molecular weight is 328 g/mol. The number of methoxy groups -OCH3 is 1. The highest BCUT2D eigenvalue weighted by Gasteiger charge is 2.22. The van der Waals surface area contributed by atoms with E-state index in [9.17, 15) is 5.21 Å². The molecule has 1 atom stereocenters. The second kappa shape index (κ2) is 6.88. The van der Waals surface area contributed by atoms with Crippen LogP contribution in [0.4, 0.5) is 0 Å². The fraction of sp³-hybridized carbons (Fsp3) is 0.211. The van der Waals surface area contributed by atoms with Crippen LogP contribution in [-0.2, 0) is 0 Å². The summed E-state index contributed by atoms with van der Waals surface area (Å²) in [7, 11) is 1.66. The third-order valence-electron chi connectivity index (χ3n) is 4.19. The van der Waals surface area contributed by atoms with E-state index in [1.165, 1.54) is 5.56 Å². The minimum absolute atomic E-state index is 0.280. The Morgan fingerprint density at radius 1 is 1.04 bits per heavy atom. The molecular weight excluding hydrogens is 310 g/mol. The van der Waals surface area contributed by atoms with E-state index in [0.717, 1.165) is 29.7 Å². The molecule has 1 unspecified atom stereocenters. The molecule has 4 heteroatoms. The van der Waals surface area contributed by atoms with Crippen molar-refractivity contribution in [2.45, 2.75) is 18.8 Å². The van der Waals surface area contributed by atoms with Gasteiger partial charge in [-0.3, -0.25) is 0 Å². The predicted molar refractivity (Wildman–Crippen MR) is 93.6 cm³/mol. The van der Waals surface area contributed by atoms with Crippen LogP contribution in [0.25, 0.3) is 5.57 Å². The molecule has 0 bridgehead atoms. The Kier molecular flexibility index (Phi) is 4.68. The van der Waals surface area contributed by atoms with Crippen molar-refractivity contribution < 1.29 is 9.94 Å². The molecule has 1 N–H and O–H groups in total. The molecule has 1 aliphatic rings. The molecule has 3 nitrogen and oxygen atoms in total. The number of oxime groups is 1. The maximum atomic E-state index is 9.25. The van der Waals surface area contributed by atoms with E-state index in [2.05, 4.69) is 17.3 Å². The van der Waals surface area contributed by atoms with Crippen LogP contribution in [0.1, 0.15) is 29.9 Å². The monoisotopic (exact) mass is 327 g/mol. The molecule has 2 aromatic carbocycles. The van der Waals surface area contributed by atoms with Gasteiger partial charge in [-0.1, -0.05) is 41.0 Å². The van der Waals surface area contributed by atoms with Gasteiger partial charge in [0.15, 0.2) is 0 Å². The van der Waals surface area contributed by atoms with Crippen molar-refractivity contribution in [1.29, 1.82) is 0 Å². The zero-order valence-corrected chi connectivity index (χ0v) is 13.6. The second-order valence-electron chi connectivity index (χ2n) is 5.65. The first-order chi connectivity index (χ1) is 11.2. The van der Waals surface area contributed by atoms with E-state index in [0.29, 0.717) is 10.7 Å². The minimum Gasteiger partial charge on any atom is -0.497 e. The van der Waals surface area contributed by atoms with Crippen molar-refractivity contribution in [3.05, 3.63) is 70.8 Å². The van der Waals surface area contributed by atoms with Gasteiger partial charge in [0, 0.05) is 11.4 Å². The first-order valence-corrected chi connectivity index (χ1v) is 7.89. The molecule has 1 aliphatic carbocycles. The number of benzene rings is 2. The van der Waals surface area contributed by atoms with Gasteiger partial charge < -0.3 is 9.94 Å². The zero-order chi connectivity index (χ0) is 16.2. The van der Waals surface area contributed by atoms with Crippen molar-refractivity contribution in [2.24, 2.45) is 5.16 Å². The van der Waals surface area contributed by atoms with Crippen LogP contribution in [-0.4, -0.2) is 18.0 Å². The highest BCUT2D eigenvalue weighted by Crippen LogP contribution is 2.37. The smallest absolute Gasteiger partial charge is 0.118 e. The number of allylic oxidation sites excluding steroid dienone is 2. The van der Waals surface area contributed by atoms with Crippen LogP contribution in [0.2, 0.25) is 5.02 Å². The number of hydrogen-bond acceptors (Lipinski definition) is 3. The number of rotatable bonds is 3. The molecule has 118 valence electrons. The van der Waals surface area contributed by atoms with Crippen LogP contribution in [0.3, 0.4) is 0 Å². The molecule has 0 aromatic heterocycles. The second-order valence-corrected chi connectivity index (χ2v) is 6.08. The Morgan fingerprint density at radius 3 is 2.35 bits per heavy atom. The first-order valence-electron chi connectivity index (χ1n) is 7.51. The Labute approximate surface area is 140 Å². The molecular formula is C19H18ClNO2. The summed E-state index contributed by atoms with van der Waals surface area (Å²) in [6.45, 7) is 0. The molecule has 23 heavy (non-hydrogen) atoms. The van der Waals surface area contributed by atoms with Crippen molar-refractivity contribution >= 4 is 22.9 Å². The summed E-state index contributed by atoms with van der Waals surface area (Å²) in [4.78, 5) is 0. The van der Waals surface area contributed by atoms with E-state index >= 15 is 0 Å². The number of halogens is 1. The lowest BCUT2D eigenvalue weighted by atomic mass is 9.81. The highest BCUT2D eigenvalue weighted by atomic mass is 35.5. The third kappa shape index (κ3) is 3.57. The van der Waals surface area contributed by atoms with E-state index in [-0.39, 0.29) is 5.92 Å². The summed E-state index contributed by atoms with van der Waals surface area (Å²) in [6, 6.07) is 15.8. The lowest BCUT2D eigenvalue weighted by Crippen LogP contribution is -2.12. The Balaban J connectivity index is 1.89. The van der Waals surface area contributed by atoms with Gasteiger partial charge in [0.1, 0.15) is 5.75 Å². The maximum Gasteiger partial charge on any atom is 0.118 e. The van der Waals surface area contributed by atoms with Gasteiger partial charge in [-0.2, -0.15) is 0 Å². The average Bonchev–Trinajstić information content (AvgIpc) is 2.62. The Bertz CT molecular complexity index is 733. The number of nitrogens with zero attached hydrogens (tertiary/aromatic N) is 1. The third-order valence-corrected chi connectivity index (χ3v) is 4.45. The van der Waals surface area contributed by atoms with Crippen LogP contribution in [0.5, 0.6) is 5.75 Å². The molecule has 0 heterocycles. The minimum atomic E-state index is 0.280. The highest BCUT2D eigenvalue weighted by molar-refractivity contribution is 6.30. The summed E-state index contributed by atoms with van der Waals surface area (Å²) in [6.07, 6.45) is 3.58. The van der Waals surface area contributed by atoms with Gasteiger partial charge in [0.05, 0.1) is 12.8 Å². The van der Waals surface area contributed by atoms with Gasteiger partial charge in [-0.05, 0) is 59.4 Å². The Morgan fingerprint density at radius 2 is 1.74 bits per heavy atom. The van der Waals surface area contributed by atoms with Crippen molar-refractivity contribution in [2.75, 3.05) is 7.11 Å². The van der Waals surface area contributed by atoms with Crippen LogP contribution < -0.4 is 4.74 Å². The SMILES string of the molecule is COc1ccc(C2CC(c3ccc(Cl)cc3)=C/C(=N\O)C2)cc1.